The average Bonchev–Trinajstić information content (AvgIpc) is 2.42. The molecule has 0 saturated carbocycles. The Kier molecular flexibility index (Phi) is 6.41. The minimum Gasteiger partial charge on any atom is -0.369 e. The molecule has 0 aliphatic rings. The Morgan fingerprint density at radius 2 is 1.95 bits per heavy atom. The third kappa shape index (κ3) is 5.54. The number of hydrogen-bond donors (Lipinski definition) is 1. The summed E-state index contributed by atoms with van der Waals surface area (Å²) in [6.07, 6.45) is 3.04. The van der Waals surface area contributed by atoms with Crippen molar-refractivity contribution in [3.63, 3.8) is 0 Å². The highest BCUT2D eigenvalue weighted by molar-refractivity contribution is 7.92. The van der Waals surface area contributed by atoms with Gasteiger partial charge in [0.15, 0.2) is 0 Å². The average molecular weight is 296 g/mol. The van der Waals surface area contributed by atoms with Crippen LogP contribution < -0.4 is 5.73 Å². The molecular weight excluding hydrogens is 276 g/mol. The number of hydrogen-bond acceptors (Lipinski definition) is 3. The summed E-state index contributed by atoms with van der Waals surface area (Å²) in [4.78, 5) is 11.0. The van der Waals surface area contributed by atoms with E-state index in [-0.39, 0.29) is 6.54 Å². The molecule has 0 aromatic heterocycles. The number of nitrogens with zero attached hydrogens (tertiary/aromatic N) is 1. The Bertz CT molecular complexity index is 553. The molecule has 110 valence electrons. The van der Waals surface area contributed by atoms with Crippen LogP contribution >= 0.6 is 0 Å². The molecule has 20 heavy (non-hydrogen) atoms. The van der Waals surface area contributed by atoms with E-state index in [1.54, 1.807) is 12.1 Å². The summed E-state index contributed by atoms with van der Waals surface area (Å²) in [5.74, 6) is -0.655. The zero-order valence-corrected chi connectivity index (χ0v) is 12.3. The Morgan fingerprint density at radius 1 is 1.30 bits per heavy atom. The Balaban J connectivity index is 2.86. The van der Waals surface area contributed by atoms with Crippen molar-refractivity contribution in [2.75, 3.05) is 13.1 Å². The van der Waals surface area contributed by atoms with Crippen molar-refractivity contribution < 1.29 is 13.2 Å². The summed E-state index contributed by atoms with van der Waals surface area (Å²) in [6.45, 7) is 1.96. The van der Waals surface area contributed by atoms with Crippen LogP contribution in [-0.2, 0) is 14.8 Å². The molecule has 0 aliphatic carbocycles. The highest BCUT2D eigenvalue weighted by atomic mass is 32.2. The lowest BCUT2D eigenvalue weighted by Crippen LogP contribution is -2.38. The fourth-order valence-electron chi connectivity index (χ4n) is 1.62. The molecule has 0 spiro atoms. The molecule has 6 heteroatoms. The number of carbonyl (C=O) groups excluding carboxylic acids is 1. The molecule has 2 N–H and O–H groups in total. The molecule has 0 fully saturated rings. The quantitative estimate of drug-likeness (QED) is 0.790. The van der Waals surface area contributed by atoms with E-state index in [9.17, 15) is 13.2 Å². The molecule has 0 atom stereocenters. The van der Waals surface area contributed by atoms with Crippen LogP contribution in [0.25, 0.3) is 6.08 Å². The number of primary amides is 1. The van der Waals surface area contributed by atoms with E-state index in [2.05, 4.69) is 0 Å². The normalized spacial score (nSPS) is 12.1. The number of carbonyl (C=O) groups is 1. The summed E-state index contributed by atoms with van der Waals surface area (Å²) >= 11 is 0. The molecule has 0 radical (unpaired) electrons. The van der Waals surface area contributed by atoms with Gasteiger partial charge in [-0.2, -0.15) is 4.31 Å². The van der Waals surface area contributed by atoms with Gasteiger partial charge in [0.25, 0.3) is 0 Å². The van der Waals surface area contributed by atoms with Gasteiger partial charge in [-0.3, -0.25) is 4.79 Å². The first-order chi connectivity index (χ1) is 9.45. The molecule has 0 saturated heterocycles. The molecule has 0 unspecified atom stereocenters. The first-order valence-electron chi connectivity index (χ1n) is 6.47. The Morgan fingerprint density at radius 3 is 2.50 bits per heavy atom. The highest BCUT2D eigenvalue weighted by Crippen LogP contribution is 2.09. The van der Waals surface area contributed by atoms with Gasteiger partial charge in [-0.15, -0.1) is 0 Å². The van der Waals surface area contributed by atoms with Crippen molar-refractivity contribution in [3.05, 3.63) is 41.3 Å². The molecule has 0 aliphatic heterocycles. The lowest BCUT2D eigenvalue weighted by Gasteiger charge is -2.18. The molecule has 0 bridgehead atoms. The van der Waals surface area contributed by atoms with Crippen LogP contribution in [0.2, 0.25) is 0 Å². The fourth-order valence-corrected chi connectivity index (χ4v) is 2.81. The first-order valence-corrected chi connectivity index (χ1v) is 7.97. The maximum Gasteiger partial charge on any atom is 0.236 e. The van der Waals surface area contributed by atoms with Crippen molar-refractivity contribution in [1.82, 2.24) is 4.31 Å². The van der Waals surface area contributed by atoms with E-state index in [4.69, 9.17) is 5.73 Å². The van der Waals surface area contributed by atoms with Crippen LogP contribution in [0.1, 0.15) is 25.3 Å². The molecule has 1 rings (SSSR count). The SMILES string of the molecule is CCCCN(CC(N)=O)S(=O)(=O)/C=C/c1ccccc1. The van der Waals surface area contributed by atoms with Crippen LogP contribution in [-0.4, -0.2) is 31.7 Å². The molecule has 1 aromatic rings. The first kappa shape index (κ1) is 16.4. The second kappa shape index (κ2) is 7.81. The van der Waals surface area contributed by atoms with E-state index in [0.717, 1.165) is 21.7 Å². The standard InChI is InChI=1S/C14H20N2O3S/c1-2-3-10-16(12-14(15)17)20(18,19)11-9-13-7-5-4-6-8-13/h4-9,11H,2-3,10,12H2,1H3,(H2,15,17)/b11-9+. The van der Waals surface area contributed by atoms with Crippen LogP contribution in [0.15, 0.2) is 35.7 Å². The maximum absolute atomic E-state index is 12.2. The zero-order valence-electron chi connectivity index (χ0n) is 11.5. The monoisotopic (exact) mass is 296 g/mol. The van der Waals surface area contributed by atoms with Gasteiger partial charge in [0.1, 0.15) is 0 Å². The van der Waals surface area contributed by atoms with E-state index >= 15 is 0 Å². The predicted octanol–water partition coefficient (Wildman–Crippen LogP) is 1.57. The maximum atomic E-state index is 12.2. The summed E-state index contributed by atoms with van der Waals surface area (Å²) in [5, 5.41) is 1.11. The van der Waals surface area contributed by atoms with Gasteiger partial charge >= 0.3 is 0 Å². The lowest BCUT2D eigenvalue weighted by molar-refractivity contribution is -0.118. The van der Waals surface area contributed by atoms with Gasteiger partial charge in [0, 0.05) is 12.0 Å². The number of amides is 1. The predicted molar refractivity (Wildman–Crippen MR) is 80.1 cm³/mol. The number of unbranched alkanes of at least 4 members (excludes halogenated alkanes) is 1. The van der Waals surface area contributed by atoms with Gasteiger partial charge in [0.2, 0.25) is 15.9 Å². The third-order valence-corrected chi connectivity index (χ3v) is 4.20. The van der Waals surface area contributed by atoms with E-state index in [1.807, 2.05) is 25.1 Å². The summed E-state index contributed by atoms with van der Waals surface area (Å²) in [6, 6.07) is 9.11. The van der Waals surface area contributed by atoms with Crippen molar-refractivity contribution in [3.8, 4) is 0 Å². The van der Waals surface area contributed by atoms with Gasteiger partial charge in [-0.25, -0.2) is 8.42 Å². The lowest BCUT2D eigenvalue weighted by atomic mass is 10.2. The minimum atomic E-state index is -3.64. The Hall–Kier alpha value is -1.66. The number of benzene rings is 1. The summed E-state index contributed by atoms with van der Waals surface area (Å²) in [7, 11) is -3.64. The highest BCUT2D eigenvalue weighted by Gasteiger charge is 2.20. The van der Waals surface area contributed by atoms with Gasteiger partial charge < -0.3 is 5.73 Å². The zero-order chi connectivity index (χ0) is 15.0. The van der Waals surface area contributed by atoms with Crippen LogP contribution in [0, 0.1) is 0 Å². The largest absolute Gasteiger partial charge is 0.369 e. The van der Waals surface area contributed by atoms with E-state index < -0.39 is 15.9 Å². The minimum absolute atomic E-state index is 0.290. The van der Waals surface area contributed by atoms with E-state index in [1.165, 1.54) is 6.08 Å². The van der Waals surface area contributed by atoms with Crippen molar-refractivity contribution in [1.29, 1.82) is 0 Å². The summed E-state index contributed by atoms with van der Waals surface area (Å²) < 4.78 is 25.5. The van der Waals surface area contributed by atoms with Crippen LogP contribution in [0.3, 0.4) is 0 Å². The second-order valence-corrected chi connectivity index (χ2v) is 6.23. The second-order valence-electron chi connectivity index (χ2n) is 4.41. The fraction of sp³-hybridized carbons (Fsp3) is 0.357. The van der Waals surface area contributed by atoms with Crippen LogP contribution in [0.5, 0.6) is 0 Å². The van der Waals surface area contributed by atoms with Gasteiger partial charge in [-0.1, -0.05) is 43.7 Å². The number of sulfonamides is 1. The summed E-state index contributed by atoms with van der Waals surface area (Å²) in [5.41, 5.74) is 5.88. The topological polar surface area (TPSA) is 80.5 Å². The van der Waals surface area contributed by atoms with Crippen LogP contribution in [0.4, 0.5) is 0 Å². The van der Waals surface area contributed by atoms with Crippen molar-refractivity contribution in [2.24, 2.45) is 5.73 Å². The van der Waals surface area contributed by atoms with Gasteiger partial charge in [0.05, 0.1) is 6.54 Å². The van der Waals surface area contributed by atoms with E-state index in [0.29, 0.717) is 13.0 Å². The van der Waals surface area contributed by atoms with Crippen molar-refractivity contribution in [2.45, 2.75) is 19.8 Å². The molecule has 1 amide bonds. The molecule has 0 heterocycles. The van der Waals surface area contributed by atoms with Crippen molar-refractivity contribution >= 4 is 22.0 Å². The number of nitrogens with two attached hydrogens (primary N) is 1. The number of rotatable bonds is 8. The molecular formula is C14H20N2O3S. The van der Waals surface area contributed by atoms with Gasteiger partial charge in [-0.05, 0) is 18.1 Å². The molecule has 1 aromatic carbocycles. The smallest absolute Gasteiger partial charge is 0.236 e. The third-order valence-electron chi connectivity index (χ3n) is 2.69. The molecule has 5 nitrogen and oxygen atoms in total. The Labute approximate surface area is 120 Å².